The van der Waals surface area contributed by atoms with Crippen LogP contribution in [0, 0.1) is 5.82 Å². The van der Waals surface area contributed by atoms with Gasteiger partial charge in [0.1, 0.15) is 5.82 Å². The van der Waals surface area contributed by atoms with Gasteiger partial charge in [0.15, 0.2) is 5.82 Å². The van der Waals surface area contributed by atoms with E-state index in [1.807, 2.05) is 16.8 Å². The third-order valence-electron chi connectivity index (χ3n) is 3.89. The lowest BCUT2D eigenvalue weighted by Crippen LogP contribution is -2.03. The maximum atomic E-state index is 14.9. The predicted octanol–water partition coefficient (Wildman–Crippen LogP) is 4.48. The van der Waals surface area contributed by atoms with Crippen LogP contribution in [0.1, 0.15) is 5.56 Å². The van der Waals surface area contributed by atoms with Gasteiger partial charge in [0, 0.05) is 22.2 Å². The summed E-state index contributed by atoms with van der Waals surface area (Å²) in [5.41, 5.74) is 1.35. The van der Waals surface area contributed by atoms with Crippen molar-refractivity contribution in [2.75, 3.05) is 0 Å². The van der Waals surface area contributed by atoms with Gasteiger partial charge >= 0.3 is 5.76 Å². The second-order valence-corrected chi connectivity index (χ2v) is 6.34. The van der Waals surface area contributed by atoms with E-state index in [9.17, 15) is 9.18 Å². The number of fused-ring (bicyclic) bond motifs is 1. The molecule has 2 aromatic heterocycles. The van der Waals surface area contributed by atoms with Crippen LogP contribution in [0.3, 0.4) is 0 Å². The van der Waals surface area contributed by atoms with E-state index in [0.717, 1.165) is 10.9 Å². The Labute approximate surface area is 150 Å². The zero-order valence-electron chi connectivity index (χ0n) is 12.6. The van der Waals surface area contributed by atoms with Crippen molar-refractivity contribution in [3.8, 4) is 11.4 Å². The van der Waals surface area contributed by atoms with E-state index in [2.05, 4.69) is 14.7 Å². The Balaban J connectivity index is 1.78. The van der Waals surface area contributed by atoms with Gasteiger partial charge in [-0.1, -0.05) is 40.5 Å². The molecule has 0 amide bonds. The Morgan fingerprint density at radius 3 is 2.84 bits per heavy atom. The molecule has 0 fully saturated rings. The summed E-state index contributed by atoms with van der Waals surface area (Å²) >= 11 is 12.3. The molecule has 0 spiro atoms. The molecule has 0 aliphatic carbocycles. The lowest BCUT2D eigenvalue weighted by Gasteiger charge is -2.10. The highest BCUT2D eigenvalue weighted by molar-refractivity contribution is 6.38. The second-order valence-electron chi connectivity index (χ2n) is 5.49. The minimum atomic E-state index is -0.736. The fourth-order valence-corrected chi connectivity index (χ4v) is 3.42. The van der Waals surface area contributed by atoms with E-state index in [4.69, 9.17) is 23.2 Å². The zero-order chi connectivity index (χ0) is 17.6. The van der Waals surface area contributed by atoms with E-state index in [1.165, 1.54) is 6.07 Å². The summed E-state index contributed by atoms with van der Waals surface area (Å²) < 4.78 is 21.1. The van der Waals surface area contributed by atoms with Gasteiger partial charge in [0.25, 0.3) is 0 Å². The van der Waals surface area contributed by atoms with E-state index in [0.29, 0.717) is 15.6 Å². The van der Waals surface area contributed by atoms with Crippen molar-refractivity contribution in [2.24, 2.45) is 0 Å². The number of hydrogen-bond acceptors (Lipinski definition) is 3. The van der Waals surface area contributed by atoms with Crippen LogP contribution in [-0.2, 0) is 6.54 Å². The monoisotopic (exact) mass is 377 g/mol. The first-order valence-corrected chi connectivity index (χ1v) is 8.06. The number of hydrogen-bond donors (Lipinski definition) is 1. The fourth-order valence-electron chi connectivity index (χ4n) is 2.81. The van der Waals surface area contributed by atoms with Crippen molar-refractivity contribution in [1.82, 2.24) is 14.7 Å². The molecule has 0 bridgehead atoms. The highest BCUT2D eigenvalue weighted by atomic mass is 35.5. The number of rotatable bonds is 3. The highest BCUT2D eigenvalue weighted by Gasteiger charge is 2.15. The molecular formula is C17H10Cl2FN3O2. The lowest BCUT2D eigenvalue weighted by atomic mass is 10.1. The zero-order valence-corrected chi connectivity index (χ0v) is 14.1. The number of aromatic amines is 1. The van der Waals surface area contributed by atoms with Crippen LogP contribution in [-0.4, -0.2) is 14.7 Å². The van der Waals surface area contributed by atoms with Gasteiger partial charge in [-0.3, -0.25) is 9.51 Å². The van der Waals surface area contributed by atoms with Crippen molar-refractivity contribution in [3.63, 3.8) is 0 Å². The van der Waals surface area contributed by atoms with Crippen LogP contribution in [0.2, 0.25) is 10.0 Å². The topological polar surface area (TPSA) is 63.8 Å². The molecular weight excluding hydrogens is 368 g/mol. The first-order valence-electron chi connectivity index (χ1n) is 7.30. The van der Waals surface area contributed by atoms with Crippen LogP contribution in [0.4, 0.5) is 4.39 Å². The maximum absolute atomic E-state index is 14.9. The molecule has 0 aliphatic heterocycles. The second kappa shape index (κ2) is 6.06. The van der Waals surface area contributed by atoms with E-state index < -0.39 is 11.6 Å². The van der Waals surface area contributed by atoms with Crippen molar-refractivity contribution in [3.05, 3.63) is 74.6 Å². The molecule has 0 saturated carbocycles. The van der Waals surface area contributed by atoms with Gasteiger partial charge in [-0.15, -0.1) is 0 Å². The summed E-state index contributed by atoms with van der Waals surface area (Å²) in [5, 5.41) is 5.43. The van der Waals surface area contributed by atoms with Crippen LogP contribution < -0.4 is 5.76 Å². The molecule has 0 atom stereocenters. The average molecular weight is 378 g/mol. The average Bonchev–Trinajstić information content (AvgIpc) is 3.16. The van der Waals surface area contributed by atoms with Crippen LogP contribution in [0.25, 0.3) is 22.3 Å². The molecule has 0 radical (unpaired) electrons. The Hall–Kier alpha value is -2.57. The van der Waals surface area contributed by atoms with Crippen molar-refractivity contribution >= 4 is 34.1 Å². The summed E-state index contributed by atoms with van der Waals surface area (Å²) in [6.45, 7) is 0.257. The molecule has 0 unspecified atom stereocenters. The van der Waals surface area contributed by atoms with Crippen molar-refractivity contribution < 1.29 is 8.91 Å². The number of nitrogens with zero attached hydrogens (tertiary/aromatic N) is 2. The van der Waals surface area contributed by atoms with Gasteiger partial charge in [-0.2, -0.15) is 0 Å². The molecule has 1 N–H and O–H groups in total. The molecule has 2 heterocycles. The van der Waals surface area contributed by atoms with Gasteiger partial charge in [-0.05, 0) is 24.3 Å². The summed E-state index contributed by atoms with van der Waals surface area (Å²) in [7, 11) is 0. The first-order chi connectivity index (χ1) is 12.0. The minimum absolute atomic E-state index is 0.0477. The van der Waals surface area contributed by atoms with E-state index >= 15 is 0 Å². The highest BCUT2D eigenvalue weighted by Crippen LogP contribution is 2.30. The minimum Gasteiger partial charge on any atom is -0.342 e. The third kappa shape index (κ3) is 2.83. The largest absolute Gasteiger partial charge is 0.439 e. The van der Waals surface area contributed by atoms with E-state index in [1.54, 1.807) is 24.3 Å². The Kier molecular flexibility index (Phi) is 3.86. The third-order valence-corrected chi connectivity index (χ3v) is 4.40. The molecule has 5 nitrogen and oxygen atoms in total. The summed E-state index contributed by atoms with van der Waals surface area (Å²) in [4.78, 5) is 13.4. The van der Waals surface area contributed by atoms with Gasteiger partial charge in [-0.25, -0.2) is 9.18 Å². The number of nitrogens with one attached hydrogen (secondary N) is 1. The van der Waals surface area contributed by atoms with Crippen molar-refractivity contribution in [2.45, 2.75) is 6.54 Å². The van der Waals surface area contributed by atoms with E-state index in [-0.39, 0.29) is 17.9 Å². The normalized spacial score (nSPS) is 11.3. The summed E-state index contributed by atoms with van der Waals surface area (Å²) in [5.74, 6) is -1.18. The number of aromatic nitrogens is 3. The molecule has 0 aliphatic rings. The smallest absolute Gasteiger partial charge is 0.342 e. The van der Waals surface area contributed by atoms with Crippen LogP contribution >= 0.6 is 23.2 Å². The Bertz CT molecular complexity index is 1150. The number of halogens is 3. The first kappa shape index (κ1) is 15.9. The standard InChI is InChI=1S/C17H10Cl2FN3O2/c18-11-6-9-4-5-23(15(9)13(19)7-11)8-10-2-1-3-12(14(10)20)16-21-17(24)25-22-16/h1-7H,8H2,(H,21,22,24). The maximum Gasteiger partial charge on any atom is 0.439 e. The predicted molar refractivity (Wildman–Crippen MR) is 93.6 cm³/mol. The Morgan fingerprint density at radius 2 is 2.08 bits per heavy atom. The summed E-state index contributed by atoms with van der Waals surface area (Å²) in [6.07, 6.45) is 1.82. The Morgan fingerprint density at radius 1 is 1.24 bits per heavy atom. The van der Waals surface area contributed by atoms with Crippen LogP contribution in [0.5, 0.6) is 0 Å². The molecule has 4 rings (SSSR count). The molecule has 126 valence electrons. The quantitative estimate of drug-likeness (QED) is 0.572. The summed E-state index contributed by atoms with van der Waals surface area (Å²) in [6, 6.07) is 10.2. The lowest BCUT2D eigenvalue weighted by molar-refractivity contribution is 0.387. The molecule has 25 heavy (non-hydrogen) atoms. The number of H-pyrrole nitrogens is 1. The molecule has 8 heteroatoms. The number of benzene rings is 2. The SMILES string of the molecule is O=c1[nH]c(-c2cccc(Cn3ccc4cc(Cl)cc(Cl)c43)c2F)no1. The van der Waals surface area contributed by atoms with Gasteiger partial charge in [0.05, 0.1) is 22.6 Å². The van der Waals surface area contributed by atoms with Crippen molar-refractivity contribution in [1.29, 1.82) is 0 Å². The van der Waals surface area contributed by atoms with Gasteiger partial charge in [0.2, 0.25) is 0 Å². The van der Waals surface area contributed by atoms with Gasteiger partial charge < -0.3 is 4.57 Å². The van der Waals surface area contributed by atoms with Crippen LogP contribution in [0.15, 0.2) is 51.9 Å². The molecule has 0 saturated heterocycles. The fraction of sp³-hybridized carbons (Fsp3) is 0.0588. The molecule has 2 aromatic carbocycles. The molecule has 4 aromatic rings.